The van der Waals surface area contributed by atoms with Gasteiger partial charge >= 0.3 is 0 Å². The van der Waals surface area contributed by atoms with Gasteiger partial charge in [-0.3, -0.25) is 0 Å². The molecule has 0 radical (unpaired) electrons. The van der Waals surface area contributed by atoms with E-state index in [0.717, 1.165) is 48.7 Å². The van der Waals surface area contributed by atoms with Gasteiger partial charge in [-0.15, -0.1) is 0 Å². The van der Waals surface area contributed by atoms with Crippen LogP contribution in [-0.2, 0) is 4.74 Å². The Kier molecular flexibility index (Phi) is 10.4. The van der Waals surface area contributed by atoms with Gasteiger partial charge < -0.3 is 9.84 Å². The first-order chi connectivity index (χ1) is 16.2. The molecule has 0 aromatic heterocycles. The Labute approximate surface area is 213 Å². The highest BCUT2D eigenvalue weighted by molar-refractivity contribution is 5.09. The molecule has 200 valence electrons. The Balaban J connectivity index is 0.000000588. The number of aliphatic hydroxyl groups is 1. The van der Waals surface area contributed by atoms with Crippen LogP contribution in [0.2, 0.25) is 0 Å². The van der Waals surface area contributed by atoms with Crippen LogP contribution in [-0.4, -0.2) is 24.9 Å². The van der Waals surface area contributed by atoms with Crippen molar-refractivity contribution < 1.29 is 9.84 Å². The maximum Gasteiger partial charge on any atom is 0.0459 e. The van der Waals surface area contributed by atoms with Crippen LogP contribution in [0.4, 0.5) is 0 Å². The van der Waals surface area contributed by atoms with Crippen LogP contribution in [0.1, 0.15) is 126 Å². The standard InChI is InChI=1S/C28H50O.C4H10O/c1-19(21(3)18-29)9-10-20(2)24-13-14-25-23-12-11-22-8-6-7-16-27(22,4)26(23)15-17-28(24,25)5;1-3-5-4-2/h19-26,29H,6-18H2,1-5H3;3-4H2,1-2H3/t19-,20+,21?,22?,23-,24+,25-,26-,27-,28+;/m0./s1. The second-order valence-corrected chi connectivity index (χ2v) is 13.6. The number of hydrogen-bond donors (Lipinski definition) is 1. The number of aliphatic hydroxyl groups excluding tert-OH is 1. The molecule has 34 heavy (non-hydrogen) atoms. The molecule has 4 saturated carbocycles. The maximum atomic E-state index is 9.49. The number of fused-ring (bicyclic) bond motifs is 5. The van der Waals surface area contributed by atoms with Crippen LogP contribution < -0.4 is 0 Å². The first-order valence-electron chi connectivity index (χ1n) is 15.4. The van der Waals surface area contributed by atoms with Gasteiger partial charge in [0.15, 0.2) is 0 Å². The van der Waals surface area contributed by atoms with E-state index in [-0.39, 0.29) is 0 Å². The minimum atomic E-state index is 0.349. The van der Waals surface area contributed by atoms with Crippen LogP contribution in [0.25, 0.3) is 0 Å². The van der Waals surface area contributed by atoms with E-state index in [1.807, 2.05) is 13.8 Å². The summed E-state index contributed by atoms with van der Waals surface area (Å²) in [5.41, 5.74) is 1.30. The Morgan fingerprint density at radius 2 is 1.47 bits per heavy atom. The van der Waals surface area contributed by atoms with Crippen LogP contribution in [0.3, 0.4) is 0 Å². The zero-order valence-corrected chi connectivity index (χ0v) is 24.1. The Bertz CT molecular complexity index is 602. The molecule has 2 unspecified atom stereocenters. The lowest BCUT2D eigenvalue weighted by atomic mass is 9.44. The molecule has 4 aliphatic rings. The summed E-state index contributed by atoms with van der Waals surface area (Å²) in [4.78, 5) is 0. The smallest absolute Gasteiger partial charge is 0.0459 e. The summed E-state index contributed by atoms with van der Waals surface area (Å²) in [7, 11) is 0. The van der Waals surface area contributed by atoms with Gasteiger partial charge in [0.05, 0.1) is 0 Å². The lowest BCUT2D eigenvalue weighted by molar-refractivity contribution is -0.114. The van der Waals surface area contributed by atoms with Crippen molar-refractivity contribution in [1.29, 1.82) is 0 Å². The van der Waals surface area contributed by atoms with E-state index in [4.69, 9.17) is 4.74 Å². The highest BCUT2D eigenvalue weighted by atomic mass is 16.5. The molecule has 4 rings (SSSR count). The molecule has 0 heterocycles. The highest BCUT2D eigenvalue weighted by Gasteiger charge is 2.60. The lowest BCUT2D eigenvalue weighted by Crippen LogP contribution is -2.53. The molecule has 2 heteroatoms. The van der Waals surface area contributed by atoms with Crippen molar-refractivity contribution in [3.8, 4) is 0 Å². The molecular formula is C32H60O2. The second-order valence-electron chi connectivity index (χ2n) is 13.6. The normalized spacial score (nSPS) is 41.8. The molecule has 0 bridgehead atoms. The van der Waals surface area contributed by atoms with E-state index >= 15 is 0 Å². The van der Waals surface area contributed by atoms with Crippen LogP contribution in [0, 0.1) is 58.2 Å². The van der Waals surface area contributed by atoms with Gasteiger partial charge in [-0.1, -0.05) is 60.3 Å². The predicted molar refractivity (Wildman–Crippen MR) is 146 cm³/mol. The summed E-state index contributed by atoms with van der Waals surface area (Å²) in [6, 6.07) is 0. The Hall–Kier alpha value is -0.0800. The fourth-order valence-corrected chi connectivity index (χ4v) is 9.67. The van der Waals surface area contributed by atoms with Crippen LogP contribution in [0.5, 0.6) is 0 Å². The molecule has 0 aromatic rings. The average Bonchev–Trinajstić information content (AvgIpc) is 3.19. The van der Waals surface area contributed by atoms with Gasteiger partial charge in [0.1, 0.15) is 0 Å². The lowest BCUT2D eigenvalue weighted by Gasteiger charge is -2.61. The van der Waals surface area contributed by atoms with Gasteiger partial charge in [-0.05, 0) is 123 Å². The summed E-state index contributed by atoms with van der Waals surface area (Å²) < 4.78 is 4.83. The molecule has 0 aromatic carbocycles. The van der Waals surface area contributed by atoms with Crippen molar-refractivity contribution in [2.24, 2.45) is 58.2 Å². The summed E-state index contributed by atoms with van der Waals surface area (Å²) in [6.45, 7) is 18.6. The number of ether oxygens (including phenoxy) is 1. The number of rotatable bonds is 8. The molecular weight excluding hydrogens is 416 g/mol. The molecule has 2 nitrogen and oxygen atoms in total. The monoisotopic (exact) mass is 476 g/mol. The van der Waals surface area contributed by atoms with Gasteiger partial charge in [-0.25, -0.2) is 0 Å². The fraction of sp³-hybridized carbons (Fsp3) is 1.00. The van der Waals surface area contributed by atoms with Crippen LogP contribution >= 0.6 is 0 Å². The molecule has 4 fully saturated rings. The third-order valence-electron chi connectivity index (χ3n) is 12.1. The highest BCUT2D eigenvalue weighted by Crippen LogP contribution is 2.68. The predicted octanol–water partition coefficient (Wildman–Crippen LogP) is 8.76. The maximum absolute atomic E-state index is 9.49. The summed E-state index contributed by atoms with van der Waals surface area (Å²) in [5.74, 6) is 7.06. The zero-order chi connectivity index (χ0) is 24.9. The topological polar surface area (TPSA) is 29.5 Å². The molecule has 1 N–H and O–H groups in total. The molecule has 0 saturated heterocycles. The van der Waals surface area contributed by atoms with Crippen molar-refractivity contribution in [2.75, 3.05) is 19.8 Å². The third kappa shape index (κ3) is 5.74. The number of hydrogen-bond acceptors (Lipinski definition) is 2. The van der Waals surface area contributed by atoms with Gasteiger partial charge in [-0.2, -0.15) is 0 Å². The third-order valence-corrected chi connectivity index (χ3v) is 12.1. The van der Waals surface area contributed by atoms with Gasteiger partial charge in [0.2, 0.25) is 0 Å². The second kappa shape index (κ2) is 12.4. The molecule has 10 atom stereocenters. The van der Waals surface area contributed by atoms with E-state index in [2.05, 4.69) is 34.6 Å². The van der Waals surface area contributed by atoms with E-state index < -0.39 is 0 Å². The zero-order valence-electron chi connectivity index (χ0n) is 24.1. The summed E-state index contributed by atoms with van der Waals surface area (Å²) in [5, 5.41) is 9.49. The fourth-order valence-electron chi connectivity index (χ4n) is 9.67. The van der Waals surface area contributed by atoms with Crippen molar-refractivity contribution in [2.45, 2.75) is 126 Å². The van der Waals surface area contributed by atoms with E-state index in [1.54, 1.807) is 12.8 Å². The first kappa shape index (κ1) is 28.5. The van der Waals surface area contributed by atoms with Crippen molar-refractivity contribution in [3.05, 3.63) is 0 Å². The molecule has 0 spiro atoms. The molecule has 0 amide bonds. The van der Waals surface area contributed by atoms with E-state index in [1.165, 1.54) is 64.2 Å². The van der Waals surface area contributed by atoms with Crippen LogP contribution in [0.15, 0.2) is 0 Å². The Morgan fingerprint density at radius 3 is 2.12 bits per heavy atom. The van der Waals surface area contributed by atoms with Gasteiger partial charge in [0.25, 0.3) is 0 Å². The minimum absolute atomic E-state index is 0.349. The van der Waals surface area contributed by atoms with E-state index in [0.29, 0.717) is 29.3 Å². The van der Waals surface area contributed by atoms with Crippen molar-refractivity contribution >= 4 is 0 Å². The summed E-state index contributed by atoms with van der Waals surface area (Å²) in [6.07, 6.45) is 17.9. The largest absolute Gasteiger partial charge is 0.396 e. The Morgan fingerprint density at radius 1 is 0.765 bits per heavy atom. The first-order valence-corrected chi connectivity index (χ1v) is 15.4. The average molecular weight is 477 g/mol. The molecule has 0 aliphatic heterocycles. The SMILES string of the molecule is CC(CO)[C@@H](C)CC[C@@H](C)[C@H]1CC[C@H]2[C@@H]3CCC4CCCC[C@]4(C)[C@H]3CC[C@]12C.CCOCC. The van der Waals surface area contributed by atoms with E-state index in [9.17, 15) is 5.11 Å². The molecule has 4 aliphatic carbocycles. The minimum Gasteiger partial charge on any atom is -0.396 e. The van der Waals surface area contributed by atoms with Crippen molar-refractivity contribution in [3.63, 3.8) is 0 Å². The quantitative estimate of drug-likeness (QED) is 0.379. The van der Waals surface area contributed by atoms with Gasteiger partial charge in [0, 0.05) is 19.8 Å². The van der Waals surface area contributed by atoms with Crippen molar-refractivity contribution in [1.82, 2.24) is 0 Å². The summed E-state index contributed by atoms with van der Waals surface area (Å²) >= 11 is 0.